The van der Waals surface area contributed by atoms with Gasteiger partial charge in [0, 0.05) is 37.1 Å². The van der Waals surface area contributed by atoms with Crippen LogP contribution in [0, 0.1) is 6.92 Å². The molecule has 0 radical (unpaired) electrons. The van der Waals surface area contributed by atoms with Crippen molar-refractivity contribution in [1.29, 1.82) is 0 Å². The third-order valence-electron chi connectivity index (χ3n) is 3.55. The van der Waals surface area contributed by atoms with Crippen LogP contribution in [0.4, 0.5) is 0 Å². The summed E-state index contributed by atoms with van der Waals surface area (Å²) in [6.07, 6.45) is 3.53. The van der Waals surface area contributed by atoms with Crippen molar-refractivity contribution in [3.8, 4) is 0 Å². The van der Waals surface area contributed by atoms with Crippen molar-refractivity contribution in [2.75, 3.05) is 26.2 Å². The van der Waals surface area contributed by atoms with Gasteiger partial charge in [-0.15, -0.1) is 11.3 Å². The molecule has 0 bridgehead atoms. The summed E-state index contributed by atoms with van der Waals surface area (Å²) in [5.74, 6) is 1.36. The van der Waals surface area contributed by atoms with Crippen LogP contribution in [0.2, 0.25) is 0 Å². The van der Waals surface area contributed by atoms with Gasteiger partial charge in [-0.05, 0) is 24.4 Å². The molecule has 7 heteroatoms. The summed E-state index contributed by atoms with van der Waals surface area (Å²) < 4.78 is 5.13. The maximum atomic E-state index is 12.1. The number of carbonyl (C=O) groups is 1. The van der Waals surface area contributed by atoms with Gasteiger partial charge in [0.05, 0.1) is 6.54 Å². The first-order valence-electron chi connectivity index (χ1n) is 7.23. The summed E-state index contributed by atoms with van der Waals surface area (Å²) in [5, 5.41) is 5.79. The number of hydrogen-bond acceptors (Lipinski definition) is 6. The van der Waals surface area contributed by atoms with Gasteiger partial charge >= 0.3 is 0 Å². The fraction of sp³-hybridized carbons (Fsp3) is 0.400. The van der Waals surface area contributed by atoms with Crippen molar-refractivity contribution in [3.63, 3.8) is 0 Å². The van der Waals surface area contributed by atoms with Crippen LogP contribution >= 0.6 is 11.3 Å². The molecule has 1 aliphatic rings. The maximum absolute atomic E-state index is 12.1. The Labute approximate surface area is 133 Å². The second-order valence-corrected chi connectivity index (χ2v) is 6.16. The Hall–Kier alpha value is -1.99. The average molecular weight is 318 g/mol. The first-order valence-corrected chi connectivity index (χ1v) is 8.11. The van der Waals surface area contributed by atoms with E-state index >= 15 is 0 Å². The third kappa shape index (κ3) is 3.80. The number of piperazine rings is 1. The average Bonchev–Trinajstić information content (AvgIpc) is 3.17. The highest BCUT2D eigenvalue weighted by atomic mass is 32.1. The molecule has 0 N–H and O–H groups in total. The molecule has 1 fully saturated rings. The van der Waals surface area contributed by atoms with E-state index in [4.69, 9.17) is 4.52 Å². The predicted molar refractivity (Wildman–Crippen MR) is 84.2 cm³/mol. The molecular formula is C15H18N4O2S. The van der Waals surface area contributed by atoms with Crippen molar-refractivity contribution in [2.24, 2.45) is 0 Å². The minimum Gasteiger partial charge on any atom is -0.338 e. The highest BCUT2D eigenvalue weighted by molar-refractivity contribution is 7.10. The molecule has 0 atom stereocenters. The first kappa shape index (κ1) is 14.9. The summed E-state index contributed by atoms with van der Waals surface area (Å²) in [4.78, 5) is 21.5. The van der Waals surface area contributed by atoms with E-state index in [9.17, 15) is 4.79 Å². The fourth-order valence-electron chi connectivity index (χ4n) is 2.37. The molecule has 0 spiro atoms. The molecule has 1 amide bonds. The summed E-state index contributed by atoms with van der Waals surface area (Å²) in [7, 11) is 0. The Morgan fingerprint density at radius 2 is 2.23 bits per heavy atom. The van der Waals surface area contributed by atoms with E-state index in [0.717, 1.165) is 31.1 Å². The molecule has 3 heterocycles. The van der Waals surface area contributed by atoms with E-state index in [1.807, 2.05) is 35.4 Å². The van der Waals surface area contributed by atoms with Crippen LogP contribution in [0.3, 0.4) is 0 Å². The Balaban J connectivity index is 1.47. The summed E-state index contributed by atoms with van der Waals surface area (Å²) in [6, 6.07) is 3.98. The van der Waals surface area contributed by atoms with Crippen LogP contribution in [0.15, 0.2) is 28.1 Å². The van der Waals surface area contributed by atoms with Crippen LogP contribution in [-0.4, -0.2) is 52.0 Å². The molecule has 22 heavy (non-hydrogen) atoms. The van der Waals surface area contributed by atoms with Gasteiger partial charge in [0.15, 0.2) is 5.82 Å². The Morgan fingerprint density at radius 1 is 1.41 bits per heavy atom. The van der Waals surface area contributed by atoms with Gasteiger partial charge in [-0.25, -0.2) is 0 Å². The molecule has 1 aliphatic heterocycles. The zero-order valence-corrected chi connectivity index (χ0v) is 13.3. The Bertz CT molecular complexity index is 642. The second kappa shape index (κ2) is 6.85. The molecule has 2 aromatic rings. The van der Waals surface area contributed by atoms with E-state index in [-0.39, 0.29) is 5.91 Å². The summed E-state index contributed by atoms with van der Waals surface area (Å²) in [6.45, 7) is 5.54. The Kier molecular flexibility index (Phi) is 4.65. The van der Waals surface area contributed by atoms with Crippen LogP contribution in [-0.2, 0) is 11.3 Å². The van der Waals surface area contributed by atoms with Gasteiger partial charge in [0.2, 0.25) is 11.8 Å². The normalized spacial score (nSPS) is 16.5. The van der Waals surface area contributed by atoms with Crippen LogP contribution < -0.4 is 0 Å². The van der Waals surface area contributed by atoms with Crippen LogP contribution in [0.1, 0.15) is 16.6 Å². The Morgan fingerprint density at radius 3 is 2.86 bits per heavy atom. The number of rotatable bonds is 4. The largest absolute Gasteiger partial charge is 0.338 e. The first-order chi connectivity index (χ1) is 10.7. The second-order valence-electron chi connectivity index (χ2n) is 5.19. The van der Waals surface area contributed by atoms with Gasteiger partial charge in [-0.1, -0.05) is 11.2 Å². The van der Waals surface area contributed by atoms with E-state index in [1.54, 1.807) is 17.4 Å². The lowest BCUT2D eigenvalue weighted by Gasteiger charge is -2.33. The quantitative estimate of drug-likeness (QED) is 0.804. The monoisotopic (exact) mass is 318 g/mol. The molecule has 0 unspecified atom stereocenters. The summed E-state index contributed by atoms with van der Waals surface area (Å²) >= 11 is 1.63. The third-order valence-corrected chi connectivity index (χ3v) is 4.38. The van der Waals surface area contributed by atoms with Gasteiger partial charge in [-0.2, -0.15) is 4.98 Å². The number of hydrogen-bond donors (Lipinski definition) is 0. The molecule has 116 valence electrons. The smallest absolute Gasteiger partial charge is 0.246 e. The topological polar surface area (TPSA) is 62.5 Å². The van der Waals surface area contributed by atoms with Gasteiger partial charge in [0.1, 0.15) is 0 Å². The highest BCUT2D eigenvalue weighted by Crippen LogP contribution is 2.12. The maximum Gasteiger partial charge on any atom is 0.246 e. The molecule has 6 nitrogen and oxygen atoms in total. The molecular weight excluding hydrogens is 300 g/mol. The van der Waals surface area contributed by atoms with E-state index in [1.165, 1.54) is 0 Å². The minimum absolute atomic E-state index is 0.0710. The molecule has 1 saturated heterocycles. The number of nitrogens with zero attached hydrogens (tertiary/aromatic N) is 4. The predicted octanol–water partition coefficient (Wildman–Crippen LogP) is 1.80. The highest BCUT2D eigenvalue weighted by Gasteiger charge is 2.21. The fourth-order valence-corrected chi connectivity index (χ4v) is 2.98. The van der Waals surface area contributed by atoms with Crippen molar-refractivity contribution >= 4 is 23.3 Å². The van der Waals surface area contributed by atoms with Gasteiger partial charge in [0.25, 0.3) is 0 Å². The SMILES string of the molecule is Cc1noc(CN2CCN(C(=O)/C=C/c3cccs3)CC2)n1. The summed E-state index contributed by atoms with van der Waals surface area (Å²) in [5.41, 5.74) is 0. The molecule has 0 aromatic carbocycles. The number of aromatic nitrogens is 2. The number of amides is 1. The molecule has 0 saturated carbocycles. The van der Waals surface area contributed by atoms with E-state index < -0.39 is 0 Å². The van der Waals surface area contributed by atoms with E-state index in [2.05, 4.69) is 15.0 Å². The van der Waals surface area contributed by atoms with Crippen molar-refractivity contribution in [3.05, 3.63) is 40.2 Å². The van der Waals surface area contributed by atoms with Crippen molar-refractivity contribution < 1.29 is 9.32 Å². The minimum atomic E-state index is 0.0710. The van der Waals surface area contributed by atoms with Crippen LogP contribution in [0.5, 0.6) is 0 Å². The lowest BCUT2D eigenvalue weighted by Crippen LogP contribution is -2.47. The lowest BCUT2D eigenvalue weighted by molar-refractivity contribution is -0.127. The number of aryl methyl sites for hydroxylation is 1. The molecule has 2 aromatic heterocycles. The molecule has 3 rings (SSSR count). The standard InChI is InChI=1S/C15H18N4O2S/c1-12-16-14(21-17-12)11-18-6-8-19(9-7-18)15(20)5-4-13-3-2-10-22-13/h2-5,10H,6-9,11H2,1H3/b5-4+. The molecule has 0 aliphatic carbocycles. The zero-order valence-electron chi connectivity index (χ0n) is 12.4. The number of thiophene rings is 1. The zero-order chi connectivity index (χ0) is 15.4. The van der Waals surface area contributed by atoms with E-state index in [0.29, 0.717) is 18.3 Å². The van der Waals surface area contributed by atoms with Gasteiger partial charge < -0.3 is 9.42 Å². The van der Waals surface area contributed by atoms with Gasteiger partial charge in [-0.3, -0.25) is 9.69 Å². The van der Waals surface area contributed by atoms with Crippen LogP contribution in [0.25, 0.3) is 6.08 Å². The lowest BCUT2D eigenvalue weighted by atomic mass is 10.3. The van der Waals surface area contributed by atoms with Crippen molar-refractivity contribution in [2.45, 2.75) is 13.5 Å². The number of carbonyl (C=O) groups excluding carboxylic acids is 1. The van der Waals surface area contributed by atoms with Crippen molar-refractivity contribution in [1.82, 2.24) is 19.9 Å².